The first kappa shape index (κ1) is 30.3. The van der Waals surface area contributed by atoms with Crippen molar-refractivity contribution >= 4 is 29.6 Å². The van der Waals surface area contributed by atoms with E-state index in [4.69, 9.17) is 11.5 Å². The van der Waals surface area contributed by atoms with Crippen LogP contribution < -0.4 is 27.4 Å². The number of carboxylic acid groups (broad SMARTS) is 1. The van der Waals surface area contributed by atoms with Crippen molar-refractivity contribution in [3.63, 3.8) is 0 Å². The molecule has 190 valence electrons. The molecule has 0 aliphatic carbocycles. The van der Waals surface area contributed by atoms with Crippen molar-refractivity contribution in [1.82, 2.24) is 16.0 Å². The number of amides is 4. The van der Waals surface area contributed by atoms with Gasteiger partial charge < -0.3 is 37.6 Å². The van der Waals surface area contributed by atoms with Crippen LogP contribution in [0.15, 0.2) is 0 Å². The summed E-state index contributed by atoms with van der Waals surface area (Å²) in [6.45, 7) is 8.44. The lowest BCUT2D eigenvalue weighted by Crippen LogP contribution is -2.59. The second kappa shape index (κ2) is 14.4. The molecule has 4 amide bonds. The van der Waals surface area contributed by atoms with Gasteiger partial charge in [0.15, 0.2) is 0 Å². The molecule has 0 heterocycles. The molecule has 0 saturated heterocycles. The van der Waals surface area contributed by atoms with Gasteiger partial charge in [-0.1, -0.05) is 34.1 Å². The van der Waals surface area contributed by atoms with Crippen LogP contribution in [0.5, 0.6) is 0 Å². The molecule has 12 nitrogen and oxygen atoms in total. The average Bonchev–Trinajstić information content (AvgIpc) is 2.71. The van der Waals surface area contributed by atoms with Crippen LogP contribution in [0.3, 0.4) is 0 Å². The van der Waals surface area contributed by atoms with Crippen molar-refractivity contribution in [3.8, 4) is 0 Å². The summed E-state index contributed by atoms with van der Waals surface area (Å²) in [4.78, 5) is 60.8. The average molecular weight is 474 g/mol. The predicted molar refractivity (Wildman–Crippen MR) is 120 cm³/mol. The molecule has 0 aromatic carbocycles. The number of aliphatic hydroxyl groups is 1. The largest absolute Gasteiger partial charge is 0.480 e. The van der Waals surface area contributed by atoms with Crippen LogP contribution >= 0.6 is 0 Å². The maximum absolute atomic E-state index is 13.0. The van der Waals surface area contributed by atoms with E-state index in [1.54, 1.807) is 27.7 Å². The Kier molecular flexibility index (Phi) is 13.2. The molecule has 0 aromatic heterocycles. The summed E-state index contributed by atoms with van der Waals surface area (Å²) < 4.78 is 0. The van der Waals surface area contributed by atoms with Crippen molar-refractivity contribution in [2.24, 2.45) is 23.3 Å². The molecule has 33 heavy (non-hydrogen) atoms. The molecule has 0 aromatic rings. The summed E-state index contributed by atoms with van der Waals surface area (Å²) in [5, 5.41) is 26.3. The Bertz CT molecular complexity index is 698. The predicted octanol–water partition coefficient (Wildman–Crippen LogP) is -1.41. The van der Waals surface area contributed by atoms with Crippen LogP contribution in [0, 0.1) is 11.8 Å². The lowest BCUT2D eigenvalue weighted by molar-refractivity contribution is -0.143. The second-order valence-electron chi connectivity index (χ2n) is 8.73. The van der Waals surface area contributed by atoms with Crippen LogP contribution in [-0.2, 0) is 24.0 Å². The number of nitrogens with two attached hydrogens (primary N) is 2. The monoisotopic (exact) mass is 473 g/mol. The van der Waals surface area contributed by atoms with Crippen molar-refractivity contribution in [3.05, 3.63) is 0 Å². The van der Waals surface area contributed by atoms with Crippen molar-refractivity contribution in [2.45, 2.75) is 90.6 Å². The van der Waals surface area contributed by atoms with E-state index in [2.05, 4.69) is 16.0 Å². The number of rotatable bonds is 15. The summed E-state index contributed by atoms with van der Waals surface area (Å²) in [5.41, 5.74) is 10.8. The Balaban J connectivity index is 5.64. The molecule has 0 rings (SSSR count). The standard InChI is InChI=1S/C21H39N5O7/c1-6-11(4)17(26-19(30)16(23)12(5)27)20(31)24-13(7-8-15(22)28)18(29)25-14(21(32)33)9-10(2)3/h10-14,16-17,27H,6-9,23H2,1-5H3,(H2,22,28)(H,24,31)(H,25,29)(H,26,30)(H,32,33). The van der Waals surface area contributed by atoms with E-state index in [0.717, 1.165) is 0 Å². The zero-order valence-electron chi connectivity index (χ0n) is 20.0. The van der Waals surface area contributed by atoms with Gasteiger partial charge in [-0.15, -0.1) is 0 Å². The molecule has 0 aliphatic rings. The van der Waals surface area contributed by atoms with Gasteiger partial charge in [0.1, 0.15) is 24.2 Å². The molecule has 0 bridgehead atoms. The van der Waals surface area contributed by atoms with Crippen LogP contribution in [0.2, 0.25) is 0 Å². The smallest absolute Gasteiger partial charge is 0.326 e. The van der Waals surface area contributed by atoms with Gasteiger partial charge in [-0.05, 0) is 31.6 Å². The van der Waals surface area contributed by atoms with E-state index in [1.165, 1.54) is 6.92 Å². The molecule has 9 N–H and O–H groups in total. The van der Waals surface area contributed by atoms with E-state index in [-0.39, 0.29) is 31.1 Å². The van der Waals surface area contributed by atoms with Crippen molar-refractivity contribution in [1.29, 1.82) is 0 Å². The maximum Gasteiger partial charge on any atom is 0.326 e. The highest BCUT2D eigenvalue weighted by atomic mass is 16.4. The fourth-order valence-electron chi connectivity index (χ4n) is 2.95. The van der Waals surface area contributed by atoms with E-state index >= 15 is 0 Å². The molecular formula is C21H39N5O7. The number of hydrogen-bond acceptors (Lipinski definition) is 7. The van der Waals surface area contributed by atoms with Crippen LogP contribution in [-0.4, -0.2) is 70.1 Å². The fraction of sp³-hybridized carbons (Fsp3) is 0.762. The Hall–Kier alpha value is -2.73. The summed E-state index contributed by atoms with van der Waals surface area (Å²) in [7, 11) is 0. The zero-order valence-corrected chi connectivity index (χ0v) is 20.0. The Morgan fingerprint density at radius 1 is 0.879 bits per heavy atom. The highest BCUT2D eigenvalue weighted by Crippen LogP contribution is 2.11. The zero-order chi connectivity index (χ0) is 25.9. The van der Waals surface area contributed by atoms with Gasteiger partial charge in [0, 0.05) is 6.42 Å². The first-order valence-electron chi connectivity index (χ1n) is 11.1. The number of hydrogen-bond donors (Lipinski definition) is 7. The Morgan fingerprint density at radius 3 is 1.85 bits per heavy atom. The van der Waals surface area contributed by atoms with Gasteiger partial charge in [-0.3, -0.25) is 19.2 Å². The van der Waals surface area contributed by atoms with E-state index < -0.39 is 59.9 Å². The fourth-order valence-corrected chi connectivity index (χ4v) is 2.95. The SMILES string of the molecule is CCC(C)C(NC(=O)C(N)C(C)O)C(=O)NC(CCC(N)=O)C(=O)NC(CC(C)C)C(=O)O. The third-order valence-electron chi connectivity index (χ3n) is 5.25. The quantitative estimate of drug-likeness (QED) is 0.150. The van der Waals surface area contributed by atoms with Crippen molar-refractivity contribution in [2.75, 3.05) is 0 Å². The van der Waals surface area contributed by atoms with Gasteiger partial charge >= 0.3 is 5.97 Å². The normalized spacial score (nSPS) is 16.6. The topological polar surface area (TPSA) is 214 Å². The molecule has 0 radical (unpaired) electrons. The molecule has 12 heteroatoms. The summed E-state index contributed by atoms with van der Waals surface area (Å²) in [6.07, 6.45) is -0.868. The molecule has 0 fully saturated rings. The van der Waals surface area contributed by atoms with Crippen LogP contribution in [0.4, 0.5) is 0 Å². The minimum atomic E-state index is -1.26. The van der Waals surface area contributed by atoms with Gasteiger partial charge in [0.2, 0.25) is 23.6 Å². The van der Waals surface area contributed by atoms with E-state index in [0.29, 0.717) is 6.42 Å². The summed E-state index contributed by atoms with van der Waals surface area (Å²) in [5.74, 6) is -4.55. The Morgan fingerprint density at radius 2 is 1.42 bits per heavy atom. The van der Waals surface area contributed by atoms with E-state index in [1.807, 2.05) is 0 Å². The molecule has 0 aliphatic heterocycles. The number of primary amides is 1. The lowest BCUT2D eigenvalue weighted by atomic mass is 9.96. The third kappa shape index (κ3) is 11.1. The van der Waals surface area contributed by atoms with Gasteiger partial charge in [-0.2, -0.15) is 0 Å². The van der Waals surface area contributed by atoms with Crippen LogP contribution in [0.1, 0.15) is 60.3 Å². The van der Waals surface area contributed by atoms with Gasteiger partial charge in [0.05, 0.1) is 6.10 Å². The minimum Gasteiger partial charge on any atom is -0.480 e. The number of nitrogens with one attached hydrogen (secondary N) is 3. The third-order valence-corrected chi connectivity index (χ3v) is 5.25. The van der Waals surface area contributed by atoms with E-state index in [9.17, 15) is 34.2 Å². The number of carbonyl (C=O) groups excluding carboxylic acids is 4. The molecule has 6 atom stereocenters. The second-order valence-corrected chi connectivity index (χ2v) is 8.73. The highest BCUT2D eigenvalue weighted by Gasteiger charge is 2.33. The minimum absolute atomic E-state index is 0.0202. The maximum atomic E-state index is 13.0. The number of aliphatic hydroxyl groups excluding tert-OH is 1. The number of aliphatic carboxylic acids is 1. The first-order chi connectivity index (χ1) is 15.2. The van der Waals surface area contributed by atoms with Crippen LogP contribution in [0.25, 0.3) is 0 Å². The molecule has 6 unspecified atom stereocenters. The molecule has 0 spiro atoms. The van der Waals surface area contributed by atoms with Gasteiger partial charge in [0.25, 0.3) is 0 Å². The number of carbonyl (C=O) groups is 5. The first-order valence-corrected chi connectivity index (χ1v) is 11.1. The lowest BCUT2D eigenvalue weighted by Gasteiger charge is -2.28. The highest BCUT2D eigenvalue weighted by molar-refractivity contribution is 5.94. The number of carboxylic acids is 1. The molecular weight excluding hydrogens is 434 g/mol. The summed E-state index contributed by atoms with van der Waals surface area (Å²) in [6, 6.07) is -4.78. The molecule has 0 saturated carbocycles. The summed E-state index contributed by atoms with van der Waals surface area (Å²) >= 11 is 0. The van der Waals surface area contributed by atoms with Gasteiger partial charge in [-0.25, -0.2) is 4.79 Å². The van der Waals surface area contributed by atoms with Crippen molar-refractivity contribution < 1.29 is 34.2 Å². The Labute approximate surface area is 194 Å².